The van der Waals surface area contributed by atoms with E-state index in [-0.39, 0.29) is 25.8 Å². The number of benzene rings is 2. The van der Waals surface area contributed by atoms with Crippen LogP contribution < -0.4 is 19.5 Å². The van der Waals surface area contributed by atoms with Gasteiger partial charge in [-0.3, -0.25) is 23.9 Å². The monoisotopic (exact) mass is 744 g/mol. The normalized spacial score (nSPS) is 26.4. The minimum absolute atomic E-state index is 0.00767. The van der Waals surface area contributed by atoms with Crippen molar-refractivity contribution in [2.45, 2.75) is 87.1 Å². The maximum atomic E-state index is 14.3. The molecule has 2 aliphatic heterocycles. The van der Waals surface area contributed by atoms with Gasteiger partial charge in [0.05, 0.1) is 36.5 Å². The molecule has 2 saturated carbocycles. The molecule has 13 nitrogen and oxygen atoms in total. The van der Waals surface area contributed by atoms with Crippen LogP contribution in [0.5, 0.6) is 11.5 Å². The summed E-state index contributed by atoms with van der Waals surface area (Å²) < 4.78 is 39.9. The quantitative estimate of drug-likeness (QED) is 0.267. The van der Waals surface area contributed by atoms with Gasteiger partial charge in [0, 0.05) is 41.3 Å². The number of hydrogen-bond donors (Lipinski definition) is 3. The fraction of sp³-hybridized carbons (Fsp3) is 0.462. The lowest BCUT2D eigenvalue weighted by Crippen LogP contribution is -2.57. The summed E-state index contributed by atoms with van der Waals surface area (Å²) in [6.45, 7) is -0.00767. The molecule has 280 valence electrons. The molecule has 3 N–H and O–H groups in total. The molecule has 0 radical (unpaired) electrons. The number of carboxylic acid groups (broad SMARTS) is 1. The molecular formula is C39H44N4O9S. The van der Waals surface area contributed by atoms with Crippen LogP contribution in [0, 0.1) is 11.8 Å². The van der Waals surface area contributed by atoms with Crippen molar-refractivity contribution in [2.75, 3.05) is 13.7 Å². The van der Waals surface area contributed by atoms with Crippen molar-refractivity contribution in [3.8, 4) is 22.8 Å². The number of carbonyl (C=O) groups is 4. The number of nitrogens with zero attached hydrogens (tertiary/aromatic N) is 2. The first-order chi connectivity index (χ1) is 25.5. The first-order valence-electron chi connectivity index (χ1n) is 18.3. The predicted molar refractivity (Wildman–Crippen MR) is 195 cm³/mol. The van der Waals surface area contributed by atoms with Gasteiger partial charge in [-0.1, -0.05) is 55.3 Å². The van der Waals surface area contributed by atoms with E-state index in [0.29, 0.717) is 60.2 Å². The van der Waals surface area contributed by atoms with E-state index in [9.17, 15) is 32.7 Å². The lowest BCUT2D eigenvalue weighted by molar-refractivity contribution is -0.147. The zero-order valence-electron chi connectivity index (χ0n) is 29.5. The Balaban J connectivity index is 1.22. The highest BCUT2D eigenvalue weighted by atomic mass is 32.2. The second-order valence-electron chi connectivity index (χ2n) is 14.5. The highest BCUT2D eigenvalue weighted by molar-refractivity contribution is 7.91. The van der Waals surface area contributed by atoms with Crippen LogP contribution in [0.25, 0.3) is 22.2 Å². The number of carboxylic acids is 1. The Kier molecular flexibility index (Phi) is 10.2. The Hall–Kier alpha value is -4.98. The van der Waals surface area contributed by atoms with E-state index in [0.717, 1.165) is 18.4 Å². The van der Waals surface area contributed by atoms with Gasteiger partial charge >= 0.3 is 5.97 Å². The number of allylic oxidation sites excluding steroid dienone is 1. The van der Waals surface area contributed by atoms with Crippen LogP contribution in [0.15, 0.2) is 66.7 Å². The first kappa shape index (κ1) is 36.4. The molecule has 53 heavy (non-hydrogen) atoms. The summed E-state index contributed by atoms with van der Waals surface area (Å²) in [6.07, 6.45) is 7.13. The Morgan fingerprint density at radius 3 is 2.58 bits per heavy atom. The average Bonchev–Trinajstić information content (AvgIpc) is 4.07. The molecule has 0 unspecified atom stereocenters. The minimum atomic E-state index is -3.89. The summed E-state index contributed by atoms with van der Waals surface area (Å²) in [5.74, 6) is -3.21. The summed E-state index contributed by atoms with van der Waals surface area (Å²) in [5.41, 5.74) is 0.610. The fourth-order valence-corrected chi connectivity index (χ4v) is 8.89. The van der Waals surface area contributed by atoms with Crippen LogP contribution in [-0.2, 0) is 29.2 Å². The second-order valence-corrected chi connectivity index (χ2v) is 16.5. The smallest absolute Gasteiger partial charge is 0.304 e. The Morgan fingerprint density at radius 1 is 1.06 bits per heavy atom. The number of aliphatic carboxylic acids is 1. The van der Waals surface area contributed by atoms with E-state index in [1.54, 1.807) is 19.2 Å². The highest BCUT2D eigenvalue weighted by Gasteiger charge is 2.62. The van der Waals surface area contributed by atoms with E-state index < -0.39 is 68.5 Å². The summed E-state index contributed by atoms with van der Waals surface area (Å²) >= 11 is 0. The number of amides is 3. The van der Waals surface area contributed by atoms with Crippen molar-refractivity contribution in [3.05, 3.63) is 66.7 Å². The largest absolute Gasteiger partial charge is 0.497 e. The number of sulfonamides is 1. The fourth-order valence-electron chi connectivity index (χ4n) is 7.53. The van der Waals surface area contributed by atoms with Crippen molar-refractivity contribution >= 4 is 44.6 Å². The first-order valence-corrected chi connectivity index (χ1v) is 19.8. The lowest BCUT2D eigenvalue weighted by Gasteiger charge is -2.29. The van der Waals surface area contributed by atoms with Gasteiger partial charge in [0.15, 0.2) is 0 Å². The van der Waals surface area contributed by atoms with Crippen LogP contribution in [0.3, 0.4) is 0 Å². The van der Waals surface area contributed by atoms with Crippen molar-refractivity contribution in [3.63, 3.8) is 0 Å². The van der Waals surface area contributed by atoms with Gasteiger partial charge in [0.1, 0.15) is 29.2 Å². The molecule has 5 atom stereocenters. The van der Waals surface area contributed by atoms with E-state index in [1.807, 2.05) is 54.6 Å². The average molecular weight is 745 g/mol. The number of hydrogen-bond acceptors (Lipinski definition) is 9. The second kappa shape index (κ2) is 14.8. The number of methoxy groups -OCH3 is 1. The van der Waals surface area contributed by atoms with Gasteiger partial charge in [-0.15, -0.1) is 0 Å². The number of aromatic nitrogens is 1. The number of rotatable bonds is 9. The van der Waals surface area contributed by atoms with Crippen molar-refractivity contribution in [1.29, 1.82) is 0 Å². The van der Waals surface area contributed by atoms with Gasteiger partial charge < -0.3 is 24.8 Å². The van der Waals surface area contributed by atoms with Gasteiger partial charge in [0.2, 0.25) is 21.8 Å². The zero-order chi connectivity index (χ0) is 37.3. The van der Waals surface area contributed by atoms with E-state index in [2.05, 4.69) is 10.0 Å². The maximum Gasteiger partial charge on any atom is 0.304 e. The van der Waals surface area contributed by atoms with E-state index >= 15 is 0 Å². The number of fused-ring (bicyclic) bond motifs is 3. The van der Waals surface area contributed by atoms with Crippen LogP contribution in [-0.4, -0.2) is 83.7 Å². The third-order valence-electron chi connectivity index (χ3n) is 10.7. The predicted octanol–water partition coefficient (Wildman–Crippen LogP) is 4.35. The molecule has 2 aliphatic carbocycles. The topological polar surface area (TPSA) is 181 Å². The molecule has 3 fully saturated rings. The Labute approximate surface area is 308 Å². The van der Waals surface area contributed by atoms with Crippen molar-refractivity contribution < 1.29 is 42.2 Å². The molecule has 1 aromatic heterocycles. The highest BCUT2D eigenvalue weighted by Crippen LogP contribution is 2.46. The summed E-state index contributed by atoms with van der Waals surface area (Å²) in [7, 11) is -2.33. The molecule has 0 spiro atoms. The standard InChI is InChI=1S/C39H44N4O9S/c1-51-27-14-17-30-32(19-27)40-31(24-10-7-5-8-11-24)21-34(30)52-28-20-33-36(46)41-39(38(48)42-53(49,50)29-15-16-29)22-26(39)13-9-4-2-3-6-12-25(18-35(44)45)37(47)43(33)23-28/h5,7-11,13-14,17,19,21,25-26,28-29,33H,2-4,6,12,15-16,18,20,22-23H2,1H3,(H,41,46)(H,42,48)(H,44,45)/t25-,26-,28-,33+,39-/m1/s1. The lowest BCUT2D eigenvalue weighted by atomic mass is 9.95. The number of pyridine rings is 1. The van der Waals surface area contributed by atoms with Crippen LogP contribution in [0.2, 0.25) is 0 Å². The number of ether oxygens (including phenoxy) is 2. The van der Waals surface area contributed by atoms with E-state index in [4.69, 9.17) is 14.5 Å². The third-order valence-corrected chi connectivity index (χ3v) is 12.5. The Morgan fingerprint density at radius 2 is 1.85 bits per heavy atom. The summed E-state index contributed by atoms with van der Waals surface area (Å²) in [4.78, 5) is 60.5. The summed E-state index contributed by atoms with van der Waals surface area (Å²) in [5, 5.41) is 12.7. The molecule has 2 aromatic carbocycles. The molecule has 1 saturated heterocycles. The van der Waals surface area contributed by atoms with Gasteiger partial charge in [-0.2, -0.15) is 0 Å². The van der Waals surface area contributed by atoms with Gasteiger partial charge in [0.25, 0.3) is 5.91 Å². The molecule has 0 bridgehead atoms. The molecular weight excluding hydrogens is 701 g/mol. The SMILES string of the molecule is COc1ccc2c(O[C@@H]3C[C@H]4C(=O)N[C@]5(C(=O)NS(=O)(=O)C6CC6)C[C@H]5C=CCCCCC[C@H](CC(=O)O)C(=O)N4C3)cc(-c3ccccc3)nc2c1. The molecule has 3 aromatic rings. The molecule has 3 amide bonds. The third kappa shape index (κ3) is 7.87. The molecule has 4 aliphatic rings. The van der Waals surface area contributed by atoms with Crippen LogP contribution in [0.4, 0.5) is 0 Å². The molecule has 3 heterocycles. The van der Waals surface area contributed by atoms with Crippen molar-refractivity contribution in [2.24, 2.45) is 11.8 Å². The zero-order valence-corrected chi connectivity index (χ0v) is 30.3. The van der Waals surface area contributed by atoms with Crippen LogP contribution in [0.1, 0.15) is 64.2 Å². The molecule has 7 rings (SSSR count). The van der Waals surface area contributed by atoms with Crippen LogP contribution >= 0.6 is 0 Å². The van der Waals surface area contributed by atoms with Gasteiger partial charge in [-0.05, 0) is 50.7 Å². The summed E-state index contributed by atoms with van der Waals surface area (Å²) in [6, 6.07) is 15.7. The number of nitrogens with one attached hydrogen (secondary N) is 2. The minimum Gasteiger partial charge on any atom is -0.497 e. The van der Waals surface area contributed by atoms with E-state index in [1.165, 1.54) is 4.90 Å². The Bertz CT molecular complexity index is 2050. The molecule has 14 heteroatoms. The number of carbonyl (C=O) groups excluding carboxylic acids is 3. The van der Waals surface area contributed by atoms with Crippen molar-refractivity contribution in [1.82, 2.24) is 19.9 Å². The van der Waals surface area contributed by atoms with Gasteiger partial charge in [-0.25, -0.2) is 13.4 Å². The maximum absolute atomic E-state index is 14.3.